The molecule has 0 radical (unpaired) electrons. The highest BCUT2D eigenvalue weighted by atomic mass is 16.5. The Morgan fingerprint density at radius 1 is 1.30 bits per heavy atom. The van der Waals surface area contributed by atoms with Gasteiger partial charge in [-0.15, -0.1) is 0 Å². The molecule has 1 atom stereocenters. The second-order valence-electron chi connectivity index (χ2n) is 5.60. The molecule has 2 aromatic rings. The van der Waals surface area contributed by atoms with Crippen molar-refractivity contribution in [1.82, 2.24) is 10.3 Å². The van der Waals surface area contributed by atoms with Crippen molar-refractivity contribution in [3.05, 3.63) is 41.6 Å². The predicted octanol–water partition coefficient (Wildman–Crippen LogP) is 3.20. The Balaban J connectivity index is 1.67. The third-order valence-corrected chi connectivity index (χ3v) is 3.92. The van der Waals surface area contributed by atoms with Gasteiger partial charge in [-0.05, 0) is 44.0 Å². The molecule has 0 aliphatic carbocycles. The Kier molecular flexibility index (Phi) is 4.28. The minimum Gasteiger partial charge on any atom is -0.375 e. The molecule has 1 saturated heterocycles. The van der Waals surface area contributed by atoms with E-state index in [2.05, 4.69) is 34.6 Å². The van der Waals surface area contributed by atoms with Crippen molar-refractivity contribution in [2.45, 2.75) is 38.8 Å². The number of aryl methyl sites for hydroxylation is 1. The summed E-state index contributed by atoms with van der Waals surface area (Å²) >= 11 is 0. The molecule has 1 aromatic carbocycles. The van der Waals surface area contributed by atoms with E-state index in [1.54, 1.807) is 0 Å². The fourth-order valence-corrected chi connectivity index (χ4v) is 2.89. The highest BCUT2D eigenvalue weighted by Gasteiger charge is 2.12. The summed E-state index contributed by atoms with van der Waals surface area (Å²) < 4.78 is 5.93. The molecule has 1 aliphatic rings. The van der Waals surface area contributed by atoms with Gasteiger partial charge in [0.05, 0.1) is 18.7 Å². The van der Waals surface area contributed by atoms with Gasteiger partial charge in [0.1, 0.15) is 0 Å². The first-order valence-electron chi connectivity index (χ1n) is 7.49. The largest absolute Gasteiger partial charge is 0.375 e. The monoisotopic (exact) mass is 270 g/mol. The number of hydrogen-bond acceptors (Lipinski definition) is 3. The third kappa shape index (κ3) is 3.17. The second kappa shape index (κ2) is 6.33. The first-order valence-corrected chi connectivity index (χ1v) is 7.49. The van der Waals surface area contributed by atoms with Crippen LogP contribution in [0.3, 0.4) is 0 Å². The molecule has 0 bridgehead atoms. The van der Waals surface area contributed by atoms with Crippen LogP contribution >= 0.6 is 0 Å². The number of benzene rings is 1. The number of piperidine rings is 1. The molecule has 0 saturated carbocycles. The lowest BCUT2D eigenvalue weighted by atomic mass is 10.1. The molecule has 20 heavy (non-hydrogen) atoms. The summed E-state index contributed by atoms with van der Waals surface area (Å²) in [5, 5.41) is 4.72. The van der Waals surface area contributed by atoms with E-state index >= 15 is 0 Å². The van der Waals surface area contributed by atoms with Gasteiger partial charge < -0.3 is 10.1 Å². The van der Waals surface area contributed by atoms with Crippen molar-refractivity contribution < 1.29 is 4.74 Å². The zero-order valence-electron chi connectivity index (χ0n) is 12.1. The number of rotatable bonds is 4. The molecule has 0 amide bonds. The van der Waals surface area contributed by atoms with E-state index in [1.165, 1.54) is 30.2 Å². The molecule has 2 heterocycles. The minimum atomic E-state index is 0.526. The molecule has 1 fully saturated rings. The van der Waals surface area contributed by atoms with E-state index in [0.29, 0.717) is 12.6 Å². The molecule has 1 unspecified atom stereocenters. The maximum Gasteiger partial charge on any atom is 0.0724 e. The number of nitrogens with zero attached hydrogens (tertiary/aromatic N) is 1. The topological polar surface area (TPSA) is 34.1 Å². The van der Waals surface area contributed by atoms with E-state index < -0.39 is 0 Å². The van der Waals surface area contributed by atoms with Crippen LogP contribution in [0.2, 0.25) is 0 Å². The molecule has 3 heteroatoms. The van der Waals surface area contributed by atoms with E-state index in [4.69, 9.17) is 4.74 Å². The molecule has 1 aliphatic heterocycles. The van der Waals surface area contributed by atoms with Crippen LogP contribution in [0.15, 0.2) is 30.3 Å². The number of hydrogen-bond donors (Lipinski definition) is 1. The normalized spacial score (nSPS) is 19.4. The van der Waals surface area contributed by atoms with Crippen molar-refractivity contribution in [1.29, 1.82) is 0 Å². The van der Waals surface area contributed by atoms with Crippen LogP contribution in [0.25, 0.3) is 10.9 Å². The highest BCUT2D eigenvalue weighted by molar-refractivity contribution is 5.82. The standard InChI is InChI=1S/C17H22N2O/c1-13-10-14(16-7-2-3-8-17(16)19-13)11-20-12-15-6-4-5-9-18-15/h2-3,7-8,10,15,18H,4-6,9,11-12H2,1H3. The van der Waals surface area contributed by atoms with E-state index in [0.717, 1.165) is 24.4 Å². The lowest BCUT2D eigenvalue weighted by molar-refractivity contribution is 0.0918. The zero-order valence-corrected chi connectivity index (χ0v) is 12.1. The molecular weight excluding hydrogens is 248 g/mol. The molecule has 3 rings (SSSR count). The van der Waals surface area contributed by atoms with Crippen molar-refractivity contribution >= 4 is 10.9 Å². The van der Waals surface area contributed by atoms with Gasteiger partial charge >= 0.3 is 0 Å². The zero-order chi connectivity index (χ0) is 13.8. The Bertz CT molecular complexity index is 576. The fraction of sp³-hybridized carbons (Fsp3) is 0.471. The van der Waals surface area contributed by atoms with Crippen LogP contribution < -0.4 is 5.32 Å². The van der Waals surface area contributed by atoms with E-state index in [1.807, 2.05) is 13.0 Å². The number of aromatic nitrogens is 1. The predicted molar refractivity (Wildman–Crippen MR) is 81.8 cm³/mol. The molecule has 3 nitrogen and oxygen atoms in total. The van der Waals surface area contributed by atoms with Crippen LogP contribution in [0.5, 0.6) is 0 Å². The quantitative estimate of drug-likeness (QED) is 0.926. The summed E-state index contributed by atoms with van der Waals surface area (Å²) in [6, 6.07) is 10.9. The van der Waals surface area contributed by atoms with Crippen LogP contribution in [0.4, 0.5) is 0 Å². The summed E-state index contributed by atoms with van der Waals surface area (Å²) in [7, 11) is 0. The summed E-state index contributed by atoms with van der Waals surface area (Å²) in [4.78, 5) is 4.57. The van der Waals surface area contributed by atoms with Gasteiger partial charge in [-0.2, -0.15) is 0 Å². The Morgan fingerprint density at radius 3 is 3.05 bits per heavy atom. The van der Waals surface area contributed by atoms with Gasteiger partial charge in [0.2, 0.25) is 0 Å². The van der Waals surface area contributed by atoms with Gasteiger partial charge in [0, 0.05) is 17.1 Å². The number of ether oxygens (including phenoxy) is 1. The Morgan fingerprint density at radius 2 is 2.20 bits per heavy atom. The fourth-order valence-electron chi connectivity index (χ4n) is 2.89. The van der Waals surface area contributed by atoms with E-state index in [9.17, 15) is 0 Å². The number of fused-ring (bicyclic) bond motifs is 1. The van der Waals surface area contributed by atoms with Crippen molar-refractivity contribution in [3.63, 3.8) is 0 Å². The summed E-state index contributed by atoms with van der Waals surface area (Å²) in [6.45, 7) is 4.64. The van der Waals surface area contributed by atoms with Crippen LogP contribution in [-0.4, -0.2) is 24.2 Å². The highest BCUT2D eigenvalue weighted by Crippen LogP contribution is 2.19. The first kappa shape index (κ1) is 13.5. The van der Waals surface area contributed by atoms with Gasteiger partial charge in [-0.3, -0.25) is 4.98 Å². The molecule has 1 N–H and O–H groups in total. The van der Waals surface area contributed by atoms with Crippen molar-refractivity contribution in [2.24, 2.45) is 0 Å². The molecule has 106 valence electrons. The average molecular weight is 270 g/mol. The SMILES string of the molecule is Cc1cc(COCC2CCCCN2)c2ccccc2n1. The lowest BCUT2D eigenvalue weighted by Crippen LogP contribution is -2.37. The summed E-state index contributed by atoms with van der Waals surface area (Å²) in [5.41, 5.74) is 3.35. The smallest absolute Gasteiger partial charge is 0.0724 e. The van der Waals surface area contributed by atoms with Gasteiger partial charge in [-0.1, -0.05) is 24.6 Å². The number of para-hydroxylation sites is 1. The number of nitrogens with one attached hydrogen (secondary N) is 1. The maximum atomic E-state index is 5.93. The second-order valence-corrected chi connectivity index (χ2v) is 5.60. The molecule has 1 aromatic heterocycles. The van der Waals surface area contributed by atoms with Gasteiger partial charge in [-0.25, -0.2) is 0 Å². The Labute approximate surface area is 120 Å². The van der Waals surface area contributed by atoms with Crippen LogP contribution in [0, 0.1) is 6.92 Å². The average Bonchev–Trinajstić information content (AvgIpc) is 2.48. The molecular formula is C17H22N2O. The summed E-state index contributed by atoms with van der Waals surface area (Å²) in [6.07, 6.45) is 3.85. The maximum absolute atomic E-state index is 5.93. The van der Waals surface area contributed by atoms with Gasteiger partial charge in [0.25, 0.3) is 0 Å². The van der Waals surface area contributed by atoms with Crippen molar-refractivity contribution in [2.75, 3.05) is 13.2 Å². The number of pyridine rings is 1. The summed E-state index contributed by atoms with van der Waals surface area (Å²) in [5.74, 6) is 0. The third-order valence-electron chi connectivity index (χ3n) is 3.92. The molecule has 0 spiro atoms. The minimum absolute atomic E-state index is 0.526. The lowest BCUT2D eigenvalue weighted by Gasteiger charge is -2.23. The van der Waals surface area contributed by atoms with E-state index in [-0.39, 0.29) is 0 Å². The van der Waals surface area contributed by atoms with Crippen molar-refractivity contribution in [3.8, 4) is 0 Å². The van der Waals surface area contributed by atoms with Crippen LogP contribution in [0.1, 0.15) is 30.5 Å². The Hall–Kier alpha value is -1.45. The first-order chi connectivity index (χ1) is 9.83. The van der Waals surface area contributed by atoms with Crippen LogP contribution in [-0.2, 0) is 11.3 Å². The van der Waals surface area contributed by atoms with Gasteiger partial charge in [0.15, 0.2) is 0 Å².